The molecule has 200 valence electrons. The molecule has 4 rings (SSSR count). The Bertz CT molecular complexity index is 966. The van der Waals surface area contributed by atoms with Crippen LogP contribution in [0.15, 0.2) is 24.3 Å². The molecule has 1 unspecified atom stereocenters. The zero-order valence-electron chi connectivity index (χ0n) is 22.6. The molecule has 0 aromatic carbocycles. The predicted octanol–water partition coefficient (Wildman–Crippen LogP) is 2.85. The number of likely N-dealkylation sites (tertiary alicyclic amines) is 1. The summed E-state index contributed by atoms with van der Waals surface area (Å²) in [5, 5.41) is 9.55. The topological polar surface area (TPSA) is 96.4 Å². The number of esters is 1. The number of carbonyl (C=O) groups excluding carboxylic acids is 3. The van der Waals surface area contributed by atoms with E-state index in [0.717, 1.165) is 12.8 Å². The molecule has 5 atom stereocenters. The van der Waals surface area contributed by atoms with Gasteiger partial charge in [0.05, 0.1) is 18.1 Å². The van der Waals surface area contributed by atoms with Crippen LogP contribution in [0.3, 0.4) is 0 Å². The maximum atomic E-state index is 14.4. The number of allylic oxidation sites excluding steroid dienone is 1. The molecule has 4 aliphatic heterocycles. The van der Waals surface area contributed by atoms with Gasteiger partial charge in [0.15, 0.2) is 0 Å². The predicted molar refractivity (Wildman–Crippen MR) is 135 cm³/mol. The number of hydrogen-bond donors (Lipinski definition) is 1. The summed E-state index contributed by atoms with van der Waals surface area (Å²) in [6, 6.07) is -0.923. The zero-order valence-corrected chi connectivity index (χ0v) is 22.6. The van der Waals surface area contributed by atoms with Gasteiger partial charge in [-0.15, -0.1) is 0 Å². The van der Waals surface area contributed by atoms with E-state index in [9.17, 15) is 19.5 Å². The summed E-state index contributed by atoms with van der Waals surface area (Å²) in [4.78, 5) is 45.2. The number of ether oxygens (including phenoxy) is 2. The number of fused-ring (bicyclic) bond motifs is 2. The summed E-state index contributed by atoms with van der Waals surface area (Å²) < 4.78 is 12.4. The second-order valence-corrected chi connectivity index (χ2v) is 12.7. The van der Waals surface area contributed by atoms with Gasteiger partial charge in [0.25, 0.3) is 0 Å². The van der Waals surface area contributed by atoms with Crippen molar-refractivity contribution in [2.75, 3.05) is 26.3 Å². The van der Waals surface area contributed by atoms with Crippen LogP contribution >= 0.6 is 0 Å². The average Bonchev–Trinajstić information content (AvgIpc) is 3.09. The molecule has 0 saturated carbocycles. The Balaban J connectivity index is 1.83. The molecule has 0 aromatic heterocycles. The summed E-state index contributed by atoms with van der Waals surface area (Å²) in [7, 11) is 0. The van der Waals surface area contributed by atoms with Crippen molar-refractivity contribution in [2.45, 2.75) is 90.0 Å². The van der Waals surface area contributed by atoms with E-state index in [1.807, 2.05) is 36.1 Å². The van der Waals surface area contributed by atoms with Crippen LogP contribution in [0, 0.1) is 17.3 Å². The first-order chi connectivity index (χ1) is 16.8. The van der Waals surface area contributed by atoms with Gasteiger partial charge in [-0.1, -0.05) is 45.1 Å². The van der Waals surface area contributed by atoms with Gasteiger partial charge in [0, 0.05) is 25.2 Å². The van der Waals surface area contributed by atoms with E-state index in [1.54, 1.807) is 4.90 Å². The van der Waals surface area contributed by atoms with Crippen molar-refractivity contribution >= 4 is 17.8 Å². The van der Waals surface area contributed by atoms with Crippen molar-refractivity contribution in [3.05, 3.63) is 24.3 Å². The molecule has 0 bridgehead atoms. The fourth-order valence-electron chi connectivity index (χ4n) is 7.05. The Morgan fingerprint density at radius 2 is 1.78 bits per heavy atom. The molecule has 0 aliphatic carbocycles. The maximum absolute atomic E-state index is 14.4. The Labute approximate surface area is 214 Å². The minimum absolute atomic E-state index is 0.0159. The lowest BCUT2D eigenvalue weighted by atomic mass is 9.74. The Morgan fingerprint density at radius 3 is 2.44 bits per heavy atom. The van der Waals surface area contributed by atoms with Crippen molar-refractivity contribution < 1.29 is 29.0 Å². The molecule has 0 radical (unpaired) electrons. The number of amides is 2. The second-order valence-electron chi connectivity index (χ2n) is 12.7. The first-order valence-corrected chi connectivity index (χ1v) is 13.2. The summed E-state index contributed by atoms with van der Waals surface area (Å²) in [5.41, 5.74) is -2.87. The monoisotopic (exact) mass is 502 g/mol. The molecular formula is C28H42N2O6. The molecule has 2 saturated heterocycles. The Kier molecular flexibility index (Phi) is 6.92. The molecule has 1 N–H and O–H groups in total. The minimum Gasteiger partial charge on any atom is -0.465 e. The van der Waals surface area contributed by atoms with E-state index >= 15 is 0 Å². The first kappa shape index (κ1) is 26.9. The van der Waals surface area contributed by atoms with E-state index < -0.39 is 40.6 Å². The number of aliphatic hydroxyl groups excluding tert-OH is 1. The quantitative estimate of drug-likeness (QED) is 0.459. The molecule has 36 heavy (non-hydrogen) atoms. The number of rotatable bonds is 5. The normalized spacial score (nSPS) is 35.9. The fraction of sp³-hybridized carbons (Fsp3) is 0.750. The summed E-state index contributed by atoms with van der Waals surface area (Å²) in [6.07, 6.45) is 10.2. The molecule has 4 aliphatic rings. The standard InChI is InChI=1S/C28H42N2O6/c1-25(2,3)18-26(4,5)30-15-10-13-28-19(22(32)29(14-11-16-31)21(28)23(30)33)20-24(34)35-17-9-7-8-12-27(20,6)36-28/h8,10,12-13,19-21,31H,7,9,11,14-18H2,1-6H3/b12-8-/t19-,20+,21?,27-,28-/m0/s1. The van der Waals surface area contributed by atoms with Crippen LogP contribution in [-0.2, 0) is 23.9 Å². The summed E-state index contributed by atoms with van der Waals surface area (Å²) in [6.45, 7) is 13.2. The van der Waals surface area contributed by atoms with Crippen LogP contribution in [0.1, 0.15) is 67.2 Å². The van der Waals surface area contributed by atoms with Crippen molar-refractivity contribution in [2.24, 2.45) is 17.3 Å². The lowest BCUT2D eigenvalue weighted by Crippen LogP contribution is -2.60. The van der Waals surface area contributed by atoms with Gasteiger partial charge in [-0.2, -0.15) is 0 Å². The van der Waals surface area contributed by atoms with Crippen LogP contribution in [0.25, 0.3) is 0 Å². The minimum atomic E-state index is -1.29. The maximum Gasteiger partial charge on any atom is 0.313 e. The second kappa shape index (κ2) is 9.28. The first-order valence-electron chi connectivity index (χ1n) is 13.2. The van der Waals surface area contributed by atoms with Gasteiger partial charge >= 0.3 is 5.97 Å². The smallest absolute Gasteiger partial charge is 0.313 e. The highest BCUT2D eigenvalue weighted by atomic mass is 16.6. The van der Waals surface area contributed by atoms with Gasteiger partial charge in [-0.25, -0.2) is 0 Å². The molecule has 0 aromatic rings. The molecule has 1 spiro atoms. The van der Waals surface area contributed by atoms with Crippen LogP contribution in [0.2, 0.25) is 0 Å². The van der Waals surface area contributed by atoms with Gasteiger partial charge in [-0.05, 0) is 51.9 Å². The number of cyclic esters (lactones) is 1. The molecular weight excluding hydrogens is 460 g/mol. The Hall–Kier alpha value is -2.19. The van der Waals surface area contributed by atoms with E-state index in [0.29, 0.717) is 19.4 Å². The lowest BCUT2D eigenvalue weighted by molar-refractivity contribution is -0.160. The van der Waals surface area contributed by atoms with E-state index in [1.165, 1.54) is 0 Å². The zero-order chi connectivity index (χ0) is 26.5. The highest BCUT2D eigenvalue weighted by Crippen LogP contribution is 2.57. The van der Waals surface area contributed by atoms with Crippen LogP contribution in [0.4, 0.5) is 0 Å². The lowest BCUT2D eigenvalue weighted by Gasteiger charge is -2.44. The van der Waals surface area contributed by atoms with E-state index in [2.05, 4.69) is 34.6 Å². The molecule has 2 fully saturated rings. The highest BCUT2D eigenvalue weighted by molar-refractivity contribution is 5.99. The summed E-state index contributed by atoms with van der Waals surface area (Å²) in [5.74, 6) is -2.69. The number of carbonyl (C=O) groups is 3. The molecule has 4 heterocycles. The third-order valence-electron chi connectivity index (χ3n) is 8.00. The van der Waals surface area contributed by atoms with Gasteiger partial charge in [0.1, 0.15) is 17.6 Å². The van der Waals surface area contributed by atoms with Crippen molar-refractivity contribution in [1.29, 1.82) is 0 Å². The highest BCUT2D eigenvalue weighted by Gasteiger charge is 2.74. The van der Waals surface area contributed by atoms with Crippen molar-refractivity contribution in [1.82, 2.24) is 9.80 Å². The van der Waals surface area contributed by atoms with Gasteiger partial charge in [-0.3, -0.25) is 14.4 Å². The largest absolute Gasteiger partial charge is 0.465 e. The van der Waals surface area contributed by atoms with Crippen LogP contribution < -0.4 is 0 Å². The number of nitrogens with zero attached hydrogens (tertiary/aromatic N) is 2. The van der Waals surface area contributed by atoms with Crippen molar-refractivity contribution in [3.63, 3.8) is 0 Å². The fourth-order valence-corrected chi connectivity index (χ4v) is 7.05. The van der Waals surface area contributed by atoms with Gasteiger partial charge < -0.3 is 24.4 Å². The number of aliphatic hydroxyl groups is 1. The SMILES string of the molecule is CC(C)(C)CC(C)(C)N1CC=C[C@]23O[C@@]4(C)/C=C\CCCOC(=O)[C@H]4[C@H]2C(=O)N(CCCO)C3C1=O. The van der Waals surface area contributed by atoms with Gasteiger partial charge in [0.2, 0.25) is 11.8 Å². The molecule has 8 nitrogen and oxygen atoms in total. The average molecular weight is 503 g/mol. The molecule has 8 heteroatoms. The summed E-state index contributed by atoms with van der Waals surface area (Å²) >= 11 is 0. The third-order valence-corrected chi connectivity index (χ3v) is 8.00. The Morgan fingerprint density at radius 1 is 1.06 bits per heavy atom. The number of hydrogen-bond acceptors (Lipinski definition) is 6. The van der Waals surface area contributed by atoms with Crippen LogP contribution in [0.5, 0.6) is 0 Å². The third kappa shape index (κ3) is 4.40. The van der Waals surface area contributed by atoms with E-state index in [-0.39, 0.29) is 37.0 Å². The molecule has 2 amide bonds. The van der Waals surface area contributed by atoms with Crippen molar-refractivity contribution in [3.8, 4) is 0 Å². The van der Waals surface area contributed by atoms with Crippen LogP contribution in [-0.4, -0.2) is 81.8 Å². The van der Waals surface area contributed by atoms with E-state index in [4.69, 9.17) is 9.47 Å².